The SMILES string of the molecule is Cc1cc(C)c(C)c(C(N)C2COCCO2)c1C. The standard InChI is InChI=1S/C15H23NO2/c1-9-7-10(2)12(4)14(11(9)3)15(16)13-8-17-5-6-18-13/h7,13,15H,5-6,8,16H2,1-4H3. The molecule has 1 aromatic rings. The summed E-state index contributed by atoms with van der Waals surface area (Å²) < 4.78 is 11.2. The first-order chi connectivity index (χ1) is 8.52. The average molecular weight is 249 g/mol. The number of rotatable bonds is 2. The lowest BCUT2D eigenvalue weighted by molar-refractivity contribution is -0.0977. The van der Waals surface area contributed by atoms with Gasteiger partial charge in [-0.15, -0.1) is 0 Å². The van der Waals surface area contributed by atoms with Gasteiger partial charge in [0.2, 0.25) is 0 Å². The zero-order valence-electron chi connectivity index (χ0n) is 11.7. The fourth-order valence-corrected chi connectivity index (χ4v) is 2.65. The van der Waals surface area contributed by atoms with Crippen LogP contribution in [0.1, 0.15) is 33.9 Å². The molecule has 1 aliphatic rings. The molecule has 0 bridgehead atoms. The van der Waals surface area contributed by atoms with E-state index in [0.717, 1.165) is 0 Å². The smallest absolute Gasteiger partial charge is 0.100 e. The molecule has 1 heterocycles. The Morgan fingerprint density at radius 2 is 1.72 bits per heavy atom. The molecule has 1 aliphatic heterocycles. The highest BCUT2D eigenvalue weighted by atomic mass is 16.6. The molecule has 1 aromatic carbocycles. The van der Waals surface area contributed by atoms with Gasteiger partial charge in [-0.2, -0.15) is 0 Å². The topological polar surface area (TPSA) is 44.5 Å². The number of hydrogen-bond acceptors (Lipinski definition) is 3. The second-order valence-electron chi connectivity index (χ2n) is 5.18. The Kier molecular flexibility index (Phi) is 4.05. The summed E-state index contributed by atoms with van der Waals surface area (Å²) >= 11 is 0. The molecule has 0 saturated carbocycles. The molecule has 3 nitrogen and oxygen atoms in total. The van der Waals surface area contributed by atoms with E-state index in [1.807, 2.05) is 0 Å². The average Bonchev–Trinajstić information content (AvgIpc) is 2.37. The van der Waals surface area contributed by atoms with Gasteiger partial charge in [-0.3, -0.25) is 0 Å². The van der Waals surface area contributed by atoms with E-state index in [4.69, 9.17) is 15.2 Å². The molecule has 18 heavy (non-hydrogen) atoms. The van der Waals surface area contributed by atoms with Crippen molar-refractivity contribution in [1.29, 1.82) is 0 Å². The second kappa shape index (κ2) is 5.39. The van der Waals surface area contributed by atoms with Crippen LogP contribution in [-0.2, 0) is 9.47 Å². The van der Waals surface area contributed by atoms with Crippen LogP contribution in [0.4, 0.5) is 0 Å². The van der Waals surface area contributed by atoms with Gasteiger partial charge in [-0.1, -0.05) is 6.07 Å². The van der Waals surface area contributed by atoms with Gasteiger partial charge in [-0.25, -0.2) is 0 Å². The van der Waals surface area contributed by atoms with Crippen LogP contribution in [0.25, 0.3) is 0 Å². The van der Waals surface area contributed by atoms with Crippen LogP contribution in [-0.4, -0.2) is 25.9 Å². The molecular formula is C15H23NO2. The van der Waals surface area contributed by atoms with Crippen molar-refractivity contribution >= 4 is 0 Å². The largest absolute Gasteiger partial charge is 0.376 e. The first kappa shape index (κ1) is 13.5. The first-order valence-corrected chi connectivity index (χ1v) is 6.54. The van der Waals surface area contributed by atoms with Crippen molar-refractivity contribution in [3.05, 3.63) is 33.9 Å². The molecular weight excluding hydrogens is 226 g/mol. The van der Waals surface area contributed by atoms with Gasteiger partial charge in [-0.05, 0) is 55.5 Å². The first-order valence-electron chi connectivity index (χ1n) is 6.54. The minimum absolute atomic E-state index is 0.0302. The van der Waals surface area contributed by atoms with Crippen molar-refractivity contribution in [2.45, 2.75) is 39.8 Å². The third-order valence-corrected chi connectivity index (χ3v) is 4.00. The molecule has 100 valence electrons. The van der Waals surface area contributed by atoms with Crippen LogP contribution in [0, 0.1) is 27.7 Å². The van der Waals surface area contributed by atoms with Gasteiger partial charge >= 0.3 is 0 Å². The Morgan fingerprint density at radius 1 is 1.11 bits per heavy atom. The molecule has 1 fully saturated rings. The third kappa shape index (κ3) is 2.44. The van der Waals surface area contributed by atoms with E-state index in [-0.39, 0.29) is 12.1 Å². The van der Waals surface area contributed by atoms with Crippen LogP contribution < -0.4 is 5.73 Å². The molecule has 2 N–H and O–H groups in total. The molecule has 0 spiro atoms. The Bertz CT molecular complexity index is 410. The normalized spacial score (nSPS) is 21.9. The number of aryl methyl sites for hydroxylation is 2. The summed E-state index contributed by atoms with van der Waals surface area (Å²) in [6.45, 7) is 10.5. The van der Waals surface area contributed by atoms with Gasteiger partial charge in [0.25, 0.3) is 0 Å². The predicted octanol–water partition coefficient (Wildman–Crippen LogP) is 2.34. The van der Waals surface area contributed by atoms with Gasteiger partial charge in [0.15, 0.2) is 0 Å². The molecule has 3 heteroatoms. The van der Waals surface area contributed by atoms with E-state index >= 15 is 0 Å². The molecule has 0 aromatic heterocycles. The second-order valence-corrected chi connectivity index (χ2v) is 5.18. The molecule has 2 unspecified atom stereocenters. The van der Waals surface area contributed by atoms with E-state index in [9.17, 15) is 0 Å². The summed E-state index contributed by atoms with van der Waals surface area (Å²) in [5, 5.41) is 0. The van der Waals surface area contributed by atoms with Crippen LogP contribution in [0.2, 0.25) is 0 Å². The summed E-state index contributed by atoms with van der Waals surface area (Å²) in [6.07, 6.45) is -0.0302. The number of hydrogen-bond donors (Lipinski definition) is 1. The summed E-state index contributed by atoms with van der Waals surface area (Å²) in [5.41, 5.74) is 12.8. The van der Waals surface area contributed by atoms with Gasteiger partial charge in [0.1, 0.15) is 6.10 Å². The minimum Gasteiger partial charge on any atom is -0.376 e. The summed E-state index contributed by atoms with van der Waals surface area (Å²) in [7, 11) is 0. The van der Waals surface area contributed by atoms with E-state index in [2.05, 4.69) is 33.8 Å². The number of nitrogens with two attached hydrogens (primary N) is 1. The van der Waals surface area contributed by atoms with Crippen molar-refractivity contribution in [1.82, 2.24) is 0 Å². The van der Waals surface area contributed by atoms with E-state index < -0.39 is 0 Å². The van der Waals surface area contributed by atoms with Crippen molar-refractivity contribution < 1.29 is 9.47 Å². The highest BCUT2D eigenvalue weighted by Gasteiger charge is 2.26. The fraction of sp³-hybridized carbons (Fsp3) is 0.600. The maximum atomic E-state index is 6.40. The van der Waals surface area contributed by atoms with Crippen LogP contribution in [0.5, 0.6) is 0 Å². The van der Waals surface area contributed by atoms with Gasteiger partial charge in [0.05, 0.1) is 25.9 Å². The lowest BCUT2D eigenvalue weighted by Gasteiger charge is -2.31. The zero-order chi connectivity index (χ0) is 13.3. The van der Waals surface area contributed by atoms with E-state index in [1.165, 1.54) is 27.8 Å². The monoisotopic (exact) mass is 249 g/mol. The maximum absolute atomic E-state index is 6.40. The quantitative estimate of drug-likeness (QED) is 0.875. The van der Waals surface area contributed by atoms with Crippen molar-refractivity contribution in [2.24, 2.45) is 5.73 Å². The predicted molar refractivity (Wildman–Crippen MR) is 72.9 cm³/mol. The fourth-order valence-electron chi connectivity index (χ4n) is 2.65. The Balaban J connectivity index is 2.37. The Morgan fingerprint density at radius 3 is 2.22 bits per heavy atom. The zero-order valence-corrected chi connectivity index (χ0v) is 11.7. The molecule has 0 amide bonds. The Hall–Kier alpha value is -0.900. The molecule has 1 saturated heterocycles. The molecule has 2 rings (SSSR count). The molecule has 0 aliphatic carbocycles. The van der Waals surface area contributed by atoms with Crippen LogP contribution in [0.3, 0.4) is 0 Å². The Labute approximate surface area is 109 Å². The van der Waals surface area contributed by atoms with Gasteiger partial charge < -0.3 is 15.2 Å². The lowest BCUT2D eigenvalue weighted by atomic mass is 9.88. The highest BCUT2D eigenvalue weighted by molar-refractivity contribution is 5.46. The summed E-state index contributed by atoms with van der Waals surface area (Å²) in [4.78, 5) is 0. The van der Waals surface area contributed by atoms with Crippen molar-refractivity contribution in [3.63, 3.8) is 0 Å². The summed E-state index contributed by atoms with van der Waals surface area (Å²) in [6, 6.07) is 2.11. The molecule has 2 atom stereocenters. The van der Waals surface area contributed by atoms with Crippen LogP contribution in [0.15, 0.2) is 6.07 Å². The minimum atomic E-state index is -0.108. The third-order valence-electron chi connectivity index (χ3n) is 4.00. The lowest BCUT2D eigenvalue weighted by Crippen LogP contribution is -2.38. The van der Waals surface area contributed by atoms with Crippen molar-refractivity contribution in [2.75, 3.05) is 19.8 Å². The van der Waals surface area contributed by atoms with Gasteiger partial charge in [0, 0.05) is 0 Å². The number of ether oxygens (including phenoxy) is 2. The van der Waals surface area contributed by atoms with E-state index in [1.54, 1.807) is 0 Å². The molecule has 0 radical (unpaired) electrons. The highest BCUT2D eigenvalue weighted by Crippen LogP contribution is 2.29. The van der Waals surface area contributed by atoms with E-state index in [0.29, 0.717) is 19.8 Å². The van der Waals surface area contributed by atoms with Crippen molar-refractivity contribution in [3.8, 4) is 0 Å². The maximum Gasteiger partial charge on any atom is 0.100 e. The summed E-state index contributed by atoms with van der Waals surface area (Å²) in [5.74, 6) is 0. The number of benzene rings is 1. The van der Waals surface area contributed by atoms with Crippen LogP contribution >= 0.6 is 0 Å².